The third kappa shape index (κ3) is 2.02. The fourth-order valence-electron chi connectivity index (χ4n) is 1.37. The van der Waals surface area contributed by atoms with Crippen LogP contribution in [0.5, 0.6) is 0 Å². The van der Waals surface area contributed by atoms with Gasteiger partial charge >= 0.3 is 11.7 Å². The predicted octanol–water partition coefficient (Wildman–Crippen LogP) is -0.433. The fraction of sp³-hybridized carbons (Fsp3) is 0.375. The second kappa shape index (κ2) is 4.14. The summed E-state index contributed by atoms with van der Waals surface area (Å²) < 4.78 is 5.25. The van der Waals surface area contributed by atoms with E-state index in [-0.39, 0.29) is 5.82 Å². The fourth-order valence-corrected chi connectivity index (χ4v) is 2.33. The molecule has 0 aliphatic carbocycles. The molecule has 16 heavy (non-hydrogen) atoms. The van der Waals surface area contributed by atoms with Crippen molar-refractivity contribution in [3.63, 3.8) is 0 Å². The maximum atomic E-state index is 10.8. The van der Waals surface area contributed by atoms with E-state index in [1.54, 1.807) is 0 Å². The van der Waals surface area contributed by atoms with Gasteiger partial charge < -0.3 is 15.6 Å². The first kappa shape index (κ1) is 11.0. The summed E-state index contributed by atoms with van der Waals surface area (Å²) in [5, 5.41) is 8.74. The molecule has 0 radical (unpaired) electrons. The van der Waals surface area contributed by atoms with Crippen LogP contribution in [-0.4, -0.2) is 32.2 Å². The summed E-state index contributed by atoms with van der Waals surface area (Å²) in [5.74, 6) is -0.394. The maximum absolute atomic E-state index is 10.8. The van der Waals surface area contributed by atoms with Crippen LogP contribution in [0.2, 0.25) is 0 Å². The number of ether oxygens (including phenoxy) is 1. The average molecular weight is 243 g/mol. The van der Waals surface area contributed by atoms with Crippen LogP contribution < -0.4 is 11.4 Å². The number of aromatic amines is 1. The summed E-state index contributed by atoms with van der Waals surface area (Å²) in [4.78, 5) is 27.4. The van der Waals surface area contributed by atoms with Crippen LogP contribution >= 0.6 is 11.8 Å². The Morgan fingerprint density at radius 2 is 2.50 bits per heavy atom. The molecule has 8 heteroatoms. The minimum Gasteiger partial charge on any atom is -0.479 e. The van der Waals surface area contributed by atoms with Gasteiger partial charge in [0.05, 0.1) is 6.10 Å². The first-order valence-electron chi connectivity index (χ1n) is 4.42. The molecule has 0 unspecified atom stereocenters. The third-order valence-corrected chi connectivity index (χ3v) is 3.22. The molecule has 1 aliphatic rings. The molecule has 0 saturated carbocycles. The van der Waals surface area contributed by atoms with Crippen molar-refractivity contribution in [1.82, 2.24) is 9.97 Å². The highest BCUT2D eigenvalue weighted by Gasteiger charge is 2.33. The topological polar surface area (TPSA) is 118 Å². The van der Waals surface area contributed by atoms with Crippen LogP contribution in [-0.2, 0) is 9.53 Å². The monoisotopic (exact) mass is 243 g/mol. The summed E-state index contributed by atoms with van der Waals surface area (Å²) in [6.07, 6.45) is 0.860. The lowest BCUT2D eigenvalue weighted by molar-refractivity contribution is -0.145. The number of nitrogens with one attached hydrogen (secondary N) is 1. The van der Waals surface area contributed by atoms with Gasteiger partial charge in [-0.3, -0.25) is 4.98 Å². The Balaban J connectivity index is 2.20. The molecular weight excluding hydrogens is 234 g/mol. The average Bonchev–Trinajstić information content (AvgIpc) is 2.66. The lowest BCUT2D eigenvalue weighted by Crippen LogP contribution is -2.19. The van der Waals surface area contributed by atoms with Gasteiger partial charge in [0.1, 0.15) is 5.82 Å². The number of hydrogen-bond acceptors (Lipinski definition) is 6. The highest BCUT2D eigenvalue weighted by molar-refractivity contribution is 8.00. The van der Waals surface area contributed by atoms with Crippen molar-refractivity contribution in [3.8, 4) is 0 Å². The molecule has 1 fully saturated rings. The minimum absolute atomic E-state index is 0.164. The van der Waals surface area contributed by atoms with Crippen LogP contribution in [0, 0.1) is 0 Å². The molecule has 1 aromatic rings. The van der Waals surface area contributed by atoms with E-state index in [9.17, 15) is 9.59 Å². The zero-order valence-corrected chi connectivity index (χ0v) is 8.86. The van der Waals surface area contributed by atoms with Crippen molar-refractivity contribution in [3.05, 3.63) is 22.2 Å². The number of rotatable bonds is 2. The van der Waals surface area contributed by atoms with Crippen molar-refractivity contribution in [2.45, 2.75) is 11.5 Å². The van der Waals surface area contributed by atoms with Crippen molar-refractivity contribution >= 4 is 23.5 Å². The molecule has 1 aliphatic heterocycles. The second-order valence-electron chi connectivity index (χ2n) is 3.19. The van der Waals surface area contributed by atoms with Crippen molar-refractivity contribution in [2.75, 3.05) is 11.5 Å². The van der Waals surface area contributed by atoms with Gasteiger partial charge in [-0.2, -0.15) is 0 Å². The number of nitrogen functional groups attached to an aromatic ring is 1. The highest BCUT2D eigenvalue weighted by Crippen LogP contribution is 2.36. The number of aromatic nitrogens is 2. The molecule has 2 atom stereocenters. The lowest BCUT2D eigenvalue weighted by Gasteiger charge is -2.11. The molecular formula is C8H9N3O4S. The minimum atomic E-state index is -1.02. The van der Waals surface area contributed by atoms with Crippen molar-refractivity contribution < 1.29 is 14.6 Å². The van der Waals surface area contributed by atoms with Gasteiger partial charge in [-0.1, -0.05) is 0 Å². The normalized spacial score (nSPS) is 24.5. The molecule has 0 aromatic carbocycles. The summed E-state index contributed by atoms with van der Waals surface area (Å²) in [5.41, 5.74) is 4.67. The first-order valence-corrected chi connectivity index (χ1v) is 5.47. The molecule has 0 bridgehead atoms. The van der Waals surface area contributed by atoms with E-state index in [4.69, 9.17) is 15.6 Å². The zero-order valence-electron chi connectivity index (χ0n) is 8.04. The van der Waals surface area contributed by atoms with Crippen molar-refractivity contribution in [2.24, 2.45) is 0 Å². The molecule has 2 heterocycles. The highest BCUT2D eigenvalue weighted by atomic mass is 32.2. The standard InChI is InChI=1S/C8H9N3O4S/c9-5-3(1-10-8(14)11-5)4-2-16-7(15-4)6(12)13/h1,4,7H,2H2,(H,12,13)(H3,9,10,11,14)/t4-,7-/m1/s1. The molecule has 0 amide bonds. The molecule has 4 N–H and O–H groups in total. The van der Waals surface area contributed by atoms with Gasteiger partial charge in [-0.15, -0.1) is 11.8 Å². The Kier molecular flexibility index (Phi) is 2.84. The van der Waals surface area contributed by atoms with Gasteiger partial charge in [0.15, 0.2) is 0 Å². The summed E-state index contributed by atoms with van der Waals surface area (Å²) in [7, 11) is 0. The number of carboxylic acid groups (broad SMARTS) is 1. The molecule has 7 nitrogen and oxygen atoms in total. The maximum Gasteiger partial charge on any atom is 0.346 e. The van der Waals surface area contributed by atoms with Gasteiger partial charge in [0, 0.05) is 17.5 Å². The lowest BCUT2D eigenvalue weighted by atomic mass is 10.2. The van der Waals surface area contributed by atoms with E-state index < -0.39 is 23.2 Å². The number of aliphatic carboxylic acids is 1. The van der Waals surface area contributed by atoms with Gasteiger partial charge in [-0.05, 0) is 0 Å². The predicted molar refractivity (Wildman–Crippen MR) is 57.0 cm³/mol. The Morgan fingerprint density at radius 3 is 3.06 bits per heavy atom. The molecule has 1 saturated heterocycles. The van der Waals surface area contributed by atoms with Gasteiger partial charge in [-0.25, -0.2) is 14.6 Å². The number of carbonyl (C=O) groups is 1. The van der Waals surface area contributed by atoms with Crippen LogP contribution in [0.15, 0.2) is 11.0 Å². The number of anilines is 1. The number of nitrogens with two attached hydrogens (primary N) is 1. The quantitative estimate of drug-likeness (QED) is 0.644. The van der Waals surface area contributed by atoms with Crippen molar-refractivity contribution in [1.29, 1.82) is 0 Å². The molecule has 86 valence electrons. The van der Waals surface area contributed by atoms with E-state index in [0.29, 0.717) is 11.3 Å². The van der Waals surface area contributed by atoms with E-state index >= 15 is 0 Å². The van der Waals surface area contributed by atoms with Crippen LogP contribution in [0.3, 0.4) is 0 Å². The Hall–Kier alpha value is -1.54. The van der Waals surface area contributed by atoms with E-state index in [1.165, 1.54) is 18.0 Å². The summed E-state index contributed by atoms with van der Waals surface area (Å²) >= 11 is 1.17. The van der Waals surface area contributed by atoms with E-state index in [0.717, 1.165) is 0 Å². The summed E-state index contributed by atoms with van der Waals surface area (Å²) in [6.45, 7) is 0. The van der Waals surface area contributed by atoms with Crippen LogP contribution in [0.1, 0.15) is 11.7 Å². The molecule has 2 rings (SSSR count). The van der Waals surface area contributed by atoms with Gasteiger partial charge in [0.25, 0.3) is 0 Å². The SMILES string of the molecule is Nc1[nH]c(=O)ncc1[C@H]1CS[C@H](C(=O)O)O1. The number of nitrogens with zero attached hydrogens (tertiary/aromatic N) is 1. The number of thioether (sulfide) groups is 1. The third-order valence-electron chi connectivity index (χ3n) is 2.11. The number of H-pyrrole nitrogens is 1. The van der Waals surface area contributed by atoms with Crippen LogP contribution in [0.25, 0.3) is 0 Å². The van der Waals surface area contributed by atoms with Gasteiger partial charge in [0.2, 0.25) is 5.44 Å². The molecule has 1 aromatic heterocycles. The largest absolute Gasteiger partial charge is 0.479 e. The van der Waals surface area contributed by atoms with E-state index in [1.807, 2.05) is 0 Å². The smallest absolute Gasteiger partial charge is 0.346 e. The number of hydrogen-bond donors (Lipinski definition) is 3. The van der Waals surface area contributed by atoms with Crippen LogP contribution in [0.4, 0.5) is 5.82 Å². The Morgan fingerprint density at radius 1 is 1.75 bits per heavy atom. The van der Waals surface area contributed by atoms with E-state index in [2.05, 4.69) is 9.97 Å². The number of carboxylic acids is 1. The Labute approximate surface area is 94.0 Å². The molecule has 0 spiro atoms. The first-order chi connectivity index (χ1) is 7.58. The summed E-state index contributed by atoms with van der Waals surface area (Å²) in [6, 6.07) is 0. The zero-order chi connectivity index (χ0) is 11.7. The second-order valence-corrected chi connectivity index (χ2v) is 4.28. The Bertz CT molecular complexity index is 475.